The Morgan fingerprint density at radius 1 is 1.43 bits per heavy atom. The zero-order chi connectivity index (χ0) is 17.0. The highest BCUT2D eigenvalue weighted by Gasteiger charge is 2.19. The van der Waals surface area contributed by atoms with Crippen molar-refractivity contribution in [3.8, 4) is 11.9 Å². The second-order valence-corrected chi connectivity index (χ2v) is 5.09. The van der Waals surface area contributed by atoms with E-state index in [0.717, 1.165) is 11.0 Å². The molecule has 0 bridgehead atoms. The summed E-state index contributed by atoms with van der Waals surface area (Å²) in [6, 6.07) is 3.45. The lowest BCUT2D eigenvalue weighted by Crippen LogP contribution is -2.23. The number of hydrogen-bond donors (Lipinski definition) is 1. The van der Waals surface area contributed by atoms with Gasteiger partial charge in [-0.2, -0.15) is 5.26 Å². The van der Waals surface area contributed by atoms with E-state index in [1.54, 1.807) is 19.9 Å². The van der Waals surface area contributed by atoms with Crippen LogP contribution in [0, 0.1) is 25.2 Å². The molecule has 0 fully saturated rings. The van der Waals surface area contributed by atoms with Crippen molar-refractivity contribution >= 4 is 11.5 Å². The van der Waals surface area contributed by atoms with Crippen LogP contribution in [0.2, 0.25) is 0 Å². The summed E-state index contributed by atoms with van der Waals surface area (Å²) in [5.41, 5.74) is -0.207. The number of nitriles is 1. The fraction of sp³-hybridized carbons (Fsp3) is 0.400. The van der Waals surface area contributed by atoms with Gasteiger partial charge in [0.15, 0.2) is 5.69 Å². The van der Waals surface area contributed by atoms with Crippen LogP contribution in [0.1, 0.15) is 36.7 Å². The topological polar surface area (TPSA) is 117 Å². The van der Waals surface area contributed by atoms with Crippen LogP contribution in [0.3, 0.4) is 0 Å². The minimum Gasteiger partial charge on any atom is -0.493 e. The largest absolute Gasteiger partial charge is 0.493 e. The van der Waals surface area contributed by atoms with E-state index in [-0.39, 0.29) is 28.5 Å². The maximum Gasteiger partial charge on any atom is 0.271 e. The van der Waals surface area contributed by atoms with Crippen molar-refractivity contribution in [1.82, 2.24) is 9.72 Å². The highest BCUT2D eigenvalue weighted by molar-refractivity contribution is 5.59. The van der Waals surface area contributed by atoms with Crippen LogP contribution in [-0.4, -0.2) is 14.8 Å². The van der Waals surface area contributed by atoms with Crippen LogP contribution in [0.4, 0.5) is 11.5 Å². The maximum absolute atomic E-state index is 12.3. The zero-order valence-electron chi connectivity index (χ0n) is 13.2. The van der Waals surface area contributed by atoms with Gasteiger partial charge in [-0.15, -0.1) is 10.2 Å². The number of aromatic nitrogens is 2. The lowest BCUT2D eigenvalue weighted by atomic mass is 10.1. The van der Waals surface area contributed by atoms with Crippen LogP contribution < -0.4 is 5.56 Å². The van der Waals surface area contributed by atoms with Crippen molar-refractivity contribution in [3.05, 3.63) is 33.3 Å². The Bertz CT molecular complexity index is 842. The smallest absolute Gasteiger partial charge is 0.271 e. The Hall–Kier alpha value is -2.95. The van der Waals surface area contributed by atoms with E-state index in [9.17, 15) is 15.2 Å². The summed E-state index contributed by atoms with van der Waals surface area (Å²) in [7, 11) is 0. The summed E-state index contributed by atoms with van der Waals surface area (Å²) in [6.07, 6.45) is 1.54. The Morgan fingerprint density at radius 3 is 2.74 bits per heavy atom. The molecule has 0 amide bonds. The Kier molecular flexibility index (Phi) is 4.91. The van der Waals surface area contributed by atoms with Gasteiger partial charge in [-0.1, -0.05) is 18.5 Å². The molecule has 1 N–H and O–H groups in total. The van der Waals surface area contributed by atoms with Gasteiger partial charge in [0.05, 0.1) is 0 Å². The molecular formula is C15H17N5O3. The second kappa shape index (κ2) is 6.87. The first-order valence-electron chi connectivity index (χ1n) is 7.21. The third-order valence-corrected chi connectivity index (χ3v) is 3.37. The molecule has 0 aromatic carbocycles. The average molecular weight is 315 g/mol. The molecule has 0 spiro atoms. The van der Waals surface area contributed by atoms with Gasteiger partial charge in [0.25, 0.3) is 5.56 Å². The predicted octanol–water partition coefficient (Wildman–Crippen LogP) is 3.25. The van der Waals surface area contributed by atoms with E-state index < -0.39 is 5.56 Å². The zero-order valence-corrected chi connectivity index (χ0v) is 13.2. The third kappa shape index (κ3) is 3.29. The predicted molar refractivity (Wildman–Crippen MR) is 82.1 cm³/mol. The molecule has 0 radical (unpaired) electrons. The van der Waals surface area contributed by atoms with Gasteiger partial charge < -0.3 is 9.63 Å². The van der Waals surface area contributed by atoms with Crippen molar-refractivity contribution in [2.24, 2.45) is 10.2 Å². The van der Waals surface area contributed by atoms with Crippen LogP contribution in [0.25, 0.3) is 0 Å². The molecule has 8 heteroatoms. The molecule has 2 aromatic heterocycles. The Labute approximate surface area is 132 Å². The molecular weight excluding hydrogens is 298 g/mol. The number of pyridine rings is 1. The van der Waals surface area contributed by atoms with Crippen molar-refractivity contribution in [1.29, 1.82) is 5.26 Å². The van der Waals surface area contributed by atoms with E-state index in [2.05, 4.69) is 15.4 Å². The minimum absolute atomic E-state index is 0.0517. The number of unbranched alkanes of at least 4 members (excludes halogenated alkanes) is 1. The number of hydrogen-bond acceptors (Lipinski definition) is 7. The van der Waals surface area contributed by atoms with Gasteiger partial charge in [0.2, 0.25) is 11.7 Å². The number of aromatic hydroxyl groups is 1. The lowest BCUT2D eigenvalue weighted by molar-refractivity contribution is 0.398. The lowest BCUT2D eigenvalue weighted by Gasteiger charge is -2.12. The molecule has 0 unspecified atom stereocenters. The molecule has 0 aliphatic carbocycles. The van der Waals surface area contributed by atoms with Crippen LogP contribution in [0.15, 0.2) is 25.6 Å². The fourth-order valence-electron chi connectivity index (χ4n) is 2.08. The quantitative estimate of drug-likeness (QED) is 0.850. The van der Waals surface area contributed by atoms with Gasteiger partial charge in [-0.05, 0) is 20.3 Å². The van der Waals surface area contributed by atoms with E-state index in [1.807, 2.05) is 13.0 Å². The van der Waals surface area contributed by atoms with Crippen molar-refractivity contribution in [2.45, 2.75) is 40.2 Å². The number of aryl methyl sites for hydroxylation is 1. The van der Waals surface area contributed by atoms with Crippen LogP contribution in [0.5, 0.6) is 5.88 Å². The molecule has 120 valence electrons. The molecule has 0 atom stereocenters. The van der Waals surface area contributed by atoms with Gasteiger partial charge in [-0.25, -0.2) is 0 Å². The van der Waals surface area contributed by atoms with Gasteiger partial charge in [-0.3, -0.25) is 9.36 Å². The summed E-state index contributed by atoms with van der Waals surface area (Å²) in [5.74, 6) is 0.514. The summed E-state index contributed by atoms with van der Waals surface area (Å²) in [6.45, 7) is 5.54. The average Bonchev–Trinajstić information content (AvgIpc) is 2.93. The van der Waals surface area contributed by atoms with E-state index >= 15 is 0 Å². The molecule has 0 saturated carbocycles. The first-order valence-corrected chi connectivity index (χ1v) is 7.21. The van der Waals surface area contributed by atoms with Crippen molar-refractivity contribution in [3.63, 3.8) is 0 Å². The van der Waals surface area contributed by atoms with Crippen molar-refractivity contribution < 1.29 is 9.63 Å². The van der Waals surface area contributed by atoms with Gasteiger partial charge in [0.1, 0.15) is 17.4 Å². The SMILES string of the molecule is CCCCn1c(O)c(/N=N/c2cc(C)on2)c(C)c(C#N)c1=O. The fourth-order valence-corrected chi connectivity index (χ4v) is 2.08. The molecule has 0 aliphatic rings. The molecule has 0 aliphatic heterocycles. The highest BCUT2D eigenvalue weighted by atomic mass is 16.5. The maximum atomic E-state index is 12.3. The first kappa shape index (κ1) is 16.4. The van der Waals surface area contributed by atoms with E-state index in [4.69, 9.17) is 4.52 Å². The molecule has 23 heavy (non-hydrogen) atoms. The molecule has 8 nitrogen and oxygen atoms in total. The monoisotopic (exact) mass is 315 g/mol. The van der Waals surface area contributed by atoms with Gasteiger partial charge in [0, 0.05) is 18.2 Å². The molecule has 2 rings (SSSR count). The van der Waals surface area contributed by atoms with Crippen LogP contribution in [-0.2, 0) is 6.54 Å². The highest BCUT2D eigenvalue weighted by Crippen LogP contribution is 2.32. The number of azo groups is 1. The van der Waals surface area contributed by atoms with Crippen LogP contribution >= 0.6 is 0 Å². The Morgan fingerprint density at radius 2 is 2.17 bits per heavy atom. The summed E-state index contributed by atoms with van der Waals surface area (Å²) >= 11 is 0. The molecule has 2 aromatic rings. The molecule has 0 saturated heterocycles. The third-order valence-electron chi connectivity index (χ3n) is 3.37. The standard InChI is InChI=1S/C15H17N5O3/c1-4-5-6-20-14(21)11(8-16)10(3)13(15(20)22)18-17-12-7-9(2)23-19-12/h7,22H,4-6H2,1-3H3/b18-17+. The minimum atomic E-state index is -0.521. The van der Waals surface area contributed by atoms with Crippen molar-refractivity contribution in [2.75, 3.05) is 0 Å². The first-order chi connectivity index (χ1) is 11.0. The Balaban J connectivity index is 2.56. The number of rotatable bonds is 5. The summed E-state index contributed by atoms with van der Waals surface area (Å²) in [4.78, 5) is 12.3. The van der Waals surface area contributed by atoms with E-state index in [0.29, 0.717) is 18.7 Å². The van der Waals surface area contributed by atoms with Gasteiger partial charge >= 0.3 is 0 Å². The number of nitrogens with zero attached hydrogens (tertiary/aromatic N) is 5. The molecule has 2 heterocycles. The van der Waals surface area contributed by atoms with E-state index in [1.165, 1.54) is 0 Å². The normalized spacial score (nSPS) is 11.0. The summed E-state index contributed by atoms with van der Waals surface area (Å²) in [5, 5.41) is 31.0. The summed E-state index contributed by atoms with van der Waals surface area (Å²) < 4.78 is 6.03. The second-order valence-electron chi connectivity index (χ2n) is 5.09.